The molecule has 2 aliphatic rings. The SMILES string of the molecule is CC(C)c1ccc2c(c1)CCCN2C(=O)[C@H]1CNC[C@@H]1c1cnn(C)c1. The summed E-state index contributed by atoms with van der Waals surface area (Å²) in [5, 5.41) is 7.71. The molecule has 4 rings (SSSR count). The van der Waals surface area contributed by atoms with Gasteiger partial charge in [-0.2, -0.15) is 5.10 Å². The zero-order valence-corrected chi connectivity index (χ0v) is 15.9. The summed E-state index contributed by atoms with van der Waals surface area (Å²) >= 11 is 0. The lowest BCUT2D eigenvalue weighted by molar-refractivity contribution is -0.122. The van der Waals surface area contributed by atoms with Crippen molar-refractivity contribution in [3.05, 3.63) is 47.3 Å². The molecule has 1 amide bonds. The van der Waals surface area contributed by atoms with Crippen molar-refractivity contribution in [3.63, 3.8) is 0 Å². The van der Waals surface area contributed by atoms with Gasteiger partial charge in [0.1, 0.15) is 0 Å². The summed E-state index contributed by atoms with van der Waals surface area (Å²) in [7, 11) is 1.93. The minimum absolute atomic E-state index is 0.0186. The molecule has 1 aromatic carbocycles. The first-order valence-corrected chi connectivity index (χ1v) is 9.68. The zero-order valence-electron chi connectivity index (χ0n) is 15.9. The lowest BCUT2D eigenvalue weighted by Gasteiger charge is -2.33. The first-order valence-electron chi connectivity index (χ1n) is 9.68. The number of aromatic nitrogens is 2. The van der Waals surface area contributed by atoms with Crippen LogP contribution in [0.25, 0.3) is 0 Å². The van der Waals surface area contributed by atoms with E-state index in [4.69, 9.17) is 0 Å². The van der Waals surface area contributed by atoms with Crippen LogP contribution in [0.5, 0.6) is 0 Å². The molecule has 1 fully saturated rings. The third kappa shape index (κ3) is 3.05. The number of aryl methyl sites for hydroxylation is 2. The van der Waals surface area contributed by atoms with Crippen molar-refractivity contribution in [2.24, 2.45) is 13.0 Å². The summed E-state index contributed by atoms with van der Waals surface area (Å²) in [4.78, 5) is 15.5. The summed E-state index contributed by atoms with van der Waals surface area (Å²) in [6, 6.07) is 6.63. The van der Waals surface area contributed by atoms with Gasteiger partial charge in [-0.3, -0.25) is 9.48 Å². The predicted octanol–water partition coefficient (Wildman–Crippen LogP) is 2.83. The Labute approximate surface area is 155 Å². The fourth-order valence-electron chi connectivity index (χ4n) is 4.33. The maximum atomic E-state index is 13.4. The van der Waals surface area contributed by atoms with Crippen LogP contribution in [0.2, 0.25) is 0 Å². The van der Waals surface area contributed by atoms with E-state index in [1.807, 2.05) is 29.0 Å². The summed E-state index contributed by atoms with van der Waals surface area (Å²) in [5.74, 6) is 0.953. The van der Waals surface area contributed by atoms with Crippen LogP contribution in [0.1, 0.15) is 48.8 Å². The minimum Gasteiger partial charge on any atom is -0.315 e. The third-order valence-electron chi connectivity index (χ3n) is 5.84. The number of benzene rings is 1. The van der Waals surface area contributed by atoms with Gasteiger partial charge < -0.3 is 10.2 Å². The molecule has 2 atom stereocenters. The van der Waals surface area contributed by atoms with E-state index in [0.717, 1.165) is 43.7 Å². The highest BCUT2D eigenvalue weighted by atomic mass is 16.2. The van der Waals surface area contributed by atoms with Gasteiger partial charge in [0.25, 0.3) is 0 Å². The molecule has 0 aliphatic carbocycles. The van der Waals surface area contributed by atoms with Crippen LogP contribution in [0.4, 0.5) is 5.69 Å². The van der Waals surface area contributed by atoms with Gasteiger partial charge in [0.15, 0.2) is 0 Å². The second-order valence-electron chi connectivity index (χ2n) is 7.95. The second-order valence-corrected chi connectivity index (χ2v) is 7.95. The molecule has 0 bridgehead atoms. The van der Waals surface area contributed by atoms with Crippen LogP contribution in [-0.4, -0.2) is 35.3 Å². The molecule has 2 aliphatic heterocycles. The molecule has 0 saturated carbocycles. The summed E-state index contributed by atoms with van der Waals surface area (Å²) in [6.07, 6.45) is 6.04. The van der Waals surface area contributed by atoms with Gasteiger partial charge in [0, 0.05) is 44.5 Å². The van der Waals surface area contributed by atoms with Gasteiger partial charge in [-0.1, -0.05) is 26.0 Å². The Hall–Kier alpha value is -2.14. The van der Waals surface area contributed by atoms with Crippen LogP contribution in [-0.2, 0) is 18.3 Å². The number of amides is 1. The lowest BCUT2D eigenvalue weighted by Crippen LogP contribution is -2.41. The molecule has 0 radical (unpaired) electrons. The smallest absolute Gasteiger partial charge is 0.232 e. The number of carbonyl (C=O) groups is 1. The van der Waals surface area contributed by atoms with E-state index in [9.17, 15) is 4.79 Å². The van der Waals surface area contributed by atoms with Crippen molar-refractivity contribution in [2.75, 3.05) is 24.5 Å². The molecule has 3 heterocycles. The molecule has 26 heavy (non-hydrogen) atoms. The molecule has 0 spiro atoms. The number of nitrogens with one attached hydrogen (secondary N) is 1. The van der Waals surface area contributed by atoms with Gasteiger partial charge >= 0.3 is 0 Å². The summed E-state index contributed by atoms with van der Waals surface area (Å²) in [5.41, 5.74) is 4.94. The molecule has 5 heteroatoms. The minimum atomic E-state index is -0.0186. The van der Waals surface area contributed by atoms with Gasteiger partial charge in [-0.15, -0.1) is 0 Å². The molecule has 0 unspecified atom stereocenters. The topological polar surface area (TPSA) is 50.2 Å². The number of fused-ring (bicyclic) bond motifs is 1. The number of carbonyl (C=O) groups excluding carboxylic acids is 1. The van der Waals surface area contributed by atoms with E-state index >= 15 is 0 Å². The van der Waals surface area contributed by atoms with Crippen molar-refractivity contribution < 1.29 is 4.79 Å². The average molecular weight is 352 g/mol. The fraction of sp³-hybridized carbons (Fsp3) is 0.524. The molecule has 5 nitrogen and oxygen atoms in total. The van der Waals surface area contributed by atoms with Crippen LogP contribution >= 0.6 is 0 Å². The number of anilines is 1. The van der Waals surface area contributed by atoms with Gasteiger partial charge in [0.2, 0.25) is 5.91 Å². The van der Waals surface area contributed by atoms with Gasteiger partial charge in [-0.05, 0) is 41.5 Å². The first kappa shape index (κ1) is 17.3. The molecule has 138 valence electrons. The summed E-state index contributed by atoms with van der Waals surface area (Å²) in [6.45, 7) is 6.85. The number of hydrogen-bond acceptors (Lipinski definition) is 3. The predicted molar refractivity (Wildman–Crippen MR) is 104 cm³/mol. The number of nitrogens with zero attached hydrogens (tertiary/aromatic N) is 3. The van der Waals surface area contributed by atoms with Crippen molar-refractivity contribution >= 4 is 11.6 Å². The second kappa shape index (κ2) is 6.88. The van der Waals surface area contributed by atoms with Crippen molar-refractivity contribution in [2.45, 2.75) is 38.5 Å². The Kier molecular flexibility index (Phi) is 4.57. The van der Waals surface area contributed by atoms with Crippen molar-refractivity contribution in [3.8, 4) is 0 Å². The van der Waals surface area contributed by atoms with E-state index in [1.54, 1.807) is 0 Å². The molecule has 1 aromatic heterocycles. The van der Waals surface area contributed by atoms with Crippen LogP contribution in [0.15, 0.2) is 30.6 Å². The van der Waals surface area contributed by atoms with Crippen LogP contribution < -0.4 is 10.2 Å². The Balaban J connectivity index is 1.61. The van der Waals surface area contributed by atoms with Gasteiger partial charge in [0.05, 0.1) is 12.1 Å². The normalized spacial score (nSPS) is 22.7. The molecule has 1 N–H and O–H groups in total. The Morgan fingerprint density at radius 3 is 2.88 bits per heavy atom. The fourth-order valence-corrected chi connectivity index (χ4v) is 4.33. The van der Waals surface area contributed by atoms with E-state index in [1.165, 1.54) is 11.1 Å². The standard InChI is InChI=1S/C21H28N4O/c1-14(2)15-6-7-20-16(9-15)5-4-8-25(20)21(26)19-12-22-11-18(19)17-10-23-24(3)13-17/h6-7,9-10,13-14,18-19,22H,4-5,8,11-12H2,1-3H3/t18-,19+/m1/s1. The highest BCUT2D eigenvalue weighted by Gasteiger charge is 2.38. The molecular formula is C21H28N4O. The number of hydrogen-bond donors (Lipinski definition) is 1. The maximum absolute atomic E-state index is 13.4. The van der Waals surface area contributed by atoms with Crippen LogP contribution in [0.3, 0.4) is 0 Å². The highest BCUT2D eigenvalue weighted by molar-refractivity contribution is 5.97. The number of rotatable bonds is 3. The Morgan fingerprint density at radius 1 is 1.31 bits per heavy atom. The molecule has 1 saturated heterocycles. The van der Waals surface area contributed by atoms with Crippen LogP contribution in [0, 0.1) is 5.92 Å². The largest absolute Gasteiger partial charge is 0.315 e. The average Bonchev–Trinajstić information content (AvgIpc) is 3.28. The summed E-state index contributed by atoms with van der Waals surface area (Å²) < 4.78 is 1.82. The van der Waals surface area contributed by atoms with E-state index in [2.05, 4.69) is 42.5 Å². The van der Waals surface area contributed by atoms with E-state index in [-0.39, 0.29) is 17.7 Å². The highest BCUT2D eigenvalue weighted by Crippen LogP contribution is 2.35. The molecule has 2 aromatic rings. The Morgan fingerprint density at radius 2 is 2.15 bits per heavy atom. The van der Waals surface area contributed by atoms with Crippen molar-refractivity contribution in [1.82, 2.24) is 15.1 Å². The third-order valence-corrected chi connectivity index (χ3v) is 5.84. The maximum Gasteiger partial charge on any atom is 0.232 e. The quantitative estimate of drug-likeness (QED) is 0.924. The first-order chi connectivity index (χ1) is 12.5. The lowest BCUT2D eigenvalue weighted by atomic mass is 9.88. The Bertz CT molecular complexity index is 810. The van der Waals surface area contributed by atoms with Gasteiger partial charge in [-0.25, -0.2) is 0 Å². The zero-order chi connectivity index (χ0) is 18.3. The monoisotopic (exact) mass is 352 g/mol. The molecular weight excluding hydrogens is 324 g/mol. The van der Waals surface area contributed by atoms with Crippen molar-refractivity contribution in [1.29, 1.82) is 0 Å². The van der Waals surface area contributed by atoms with E-state index in [0.29, 0.717) is 5.92 Å². The van der Waals surface area contributed by atoms with E-state index < -0.39 is 0 Å².